The number of carbonyl (C=O) groups excluding carboxylic acids is 1. The molecular formula is C12H16ClFN2O2. The van der Waals surface area contributed by atoms with E-state index >= 15 is 0 Å². The van der Waals surface area contributed by atoms with Crippen LogP contribution in [0.4, 0.5) is 14.9 Å². The first-order valence-corrected chi connectivity index (χ1v) is 6.01. The van der Waals surface area contributed by atoms with Crippen molar-refractivity contribution in [2.45, 2.75) is 13.3 Å². The fraction of sp³-hybridized carbons (Fsp3) is 0.417. The highest BCUT2D eigenvalue weighted by atomic mass is 35.5. The predicted molar refractivity (Wildman–Crippen MR) is 69.3 cm³/mol. The minimum atomic E-state index is -0.456. The molecular weight excluding hydrogens is 259 g/mol. The average molecular weight is 275 g/mol. The van der Waals surface area contributed by atoms with Crippen LogP contribution in [0.3, 0.4) is 0 Å². The standard InChI is InChI=1S/C12H16ClFN2O2/c1-8(4-5-17)7-15-12(18)16-11-3-2-9(14)6-10(11)13/h2-3,6,8,17H,4-5,7H2,1H3,(H2,15,16,18). The molecule has 0 bridgehead atoms. The molecule has 0 saturated heterocycles. The molecule has 0 spiro atoms. The van der Waals surface area contributed by atoms with Crippen LogP contribution in [0.1, 0.15) is 13.3 Å². The Bertz CT molecular complexity index is 415. The second-order valence-corrected chi connectivity index (χ2v) is 4.48. The van der Waals surface area contributed by atoms with Gasteiger partial charge in [0.05, 0.1) is 10.7 Å². The van der Waals surface area contributed by atoms with Crippen molar-refractivity contribution in [3.8, 4) is 0 Å². The Balaban J connectivity index is 2.44. The van der Waals surface area contributed by atoms with Crippen molar-refractivity contribution in [3.63, 3.8) is 0 Å². The van der Waals surface area contributed by atoms with E-state index in [1.807, 2.05) is 6.92 Å². The van der Waals surface area contributed by atoms with Gasteiger partial charge in [0.15, 0.2) is 0 Å². The lowest BCUT2D eigenvalue weighted by atomic mass is 10.1. The first-order chi connectivity index (χ1) is 8.52. The van der Waals surface area contributed by atoms with Crippen LogP contribution in [-0.2, 0) is 0 Å². The van der Waals surface area contributed by atoms with Crippen molar-refractivity contribution in [3.05, 3.63) is 29.0 Å². The zero-order valence-electron chi connectivity index (χ0n) is 10.0. The largest absolute Gasteiger partial charge is 0.396 e. The zero-order valence-corrected chi connectivity index (χ0v) is 10.8. The molecule has 6 heteroatoms. The van der Waals surface area contributed by atoms with Crippen LogP contribution in [0, 0.1) is 11.7 Å². The number of rotatable bonds is 5. The third-order valence-electron chi connectivity index (χ3n) is 2.41. The van der Waals surface area contributed by atoms with Crippen molar-refractivity contribution in [1.29, 1.82) is 0 Å². The highest BCUT2D eigenvalue weighted by Gasteiger charge is 2.08. The molecule has 0 saturated carbocycles. The van der Waals surface area contributed by atoms with Gasteiger partial charge in [-0.3, -0.25) is 0 Å². The van der Waals surface area contributed by atoms with Crippen LogP contribution < -0.4 is 10.6 Å². The summed E-state index contributed by atoms with van der Waals surface area (Å²) in [5.74, 6) is -0.271. The van der Waals surface area contributed by atoms with E-state index in [-0.39, 0.29) is 17.5 Å². The molecule has 100 valence electrons. The summed E-state index contributed by atoms with van der Waals surface area (Å²) in [5, 5.41) is 14.0. The number of benzene rings is 1. The van der Waals surface area contributed by atoms with Crippen LogP contribution in [0.5, 0.6) is 0 Å². The van der Waals surface area contributed by atoms with Crippen LogP contribution in [0.15, 0.2) is 18.2 Å². The monoisotopic (exact) mass is 274 g/mol. The predicted octanol–water partition coefficient (Wildman–Crippen LogP) is 2.62. The third kappa shape index (κ3) is 4.89. The molecule has 0 fully saturated rings. The number of urea groups is 1. The Labute approximate surface area is 110 Å². The topological polar surface area (TPSA) is 61.4 Å². The maximum Gasteiger partial charge on any atom is 0.319 e. The Morgan fingerprint density at radius 3 is 2.89 bits per heavy atom. The van der Waals surface area contributed by atoms with Gasteiger partial charge in [-0.1, -0.05) is 18.5 Å². The molecule has 0 aromatic heterocycles. The van der Waals surface area contributed by atoms with Crippen molar-refractivity contribution in [1.82, 2.24) is 5.32 Å². The van der Waals surface area contributed by atoms with Crippen molar-refractivity contribution >= 4 is 23.3 Å². The van der Waals surface area contributed by atoms with Gasteiger partial charge in [-0.15, -0.1) is 0 Å². The SMILES string of the molecule is CC(CCO)CNC(=O)Nc1ccc(F)cc1Cl. The van der Waals surface area contributed by atoms with E-state index in [2.05, 4.69) is 10.6 Å². The maximum atomic E-state index is 12.8. The van der Waals surface area contributed by atoms with Gasteiger partial charge in [0.1, 0.15) is 5.82 Å². The van der Waals surface area contributed by atoms with Gasteiger partial charge < -0.3 is 15.7 Å². The van der Waals surface area contributed by atoms with E-state index in [1.54, 1.807) is 0 Å². The van der Waals surface area contributed by atoms with E-state index in [0.29, 0.717) is 18.7 Å². The first kappa shape index (κ1) is 14.7. The summed E-state index contributed by atoms with van der Waals surface area (Å²) >= 11 is 5.77. The van der Waals surface area contributed by atoms with Gasteiger partial charge in [-0.05, 0) is 30.5 Å². The molecule has 4 nitrogen and oxygen atoms in total. The number of aliphatic hydroxyl groups excluding tert-OH is 1. The summed E-state index contributed by atoms with van der Waals surface area (Å²) in [6.45, 7) is 2.46. The second-order valence-electron chi connectivity index (χ2n) is 4.08. The molecule has 2 amide bonds. The number of halogens is 2. The summed E-state index contributed by atoms with van der Waals surface area (Å²) in [7, 11) is 0. The van der Waals surface area contributed by atoms with E-state index in [1.165, 1.54) is 12.1 Å². The number of carbonyl (C=O) groups is 1. The normalized spacial score (nSPS) is 12.0. The summed E-state index contributed by atoms with van der Waals surface area (Å²) in [6.07, 6.45) is 0.623. The summed E-state index contributed by atoms with van der Waals surface area (Å²) in [5.41, 5.74) is 0.352. The molecule has 1 aromatic carbocycles. The van der Waals surface area contributed by atoms with Gasteiger partial charge in [0.2, 0.25) is 0 Å². The Kier molecular flexibility index (Phi) is 5.88. The minimum absolute atomic E-state index is 0.0915. The van der Waals surface area contributed by atoms with Crippen molar-refractivity contribution in [2.24, 2.45) is 5.92 Å². The van der Waals surface area contributed by atoms with Gasteiger partial charge in [0, 0.05) is 13.2 Å². The zero-order chi connectivity index (χ0) is 13.5. The van der Waals surface area contributed by atoms with Crippen LogP contribution >= 0.6 is 11.6 Å². The molecule has 1 rings (SSSR count). The smallest absolute Gasteiger partial charge is 0.319 e. The van der Waals surface area contributed by atoms with E-state index < -0.39 is 11.8 Å². The molecule has 0 aliphatic carbocycles. The molecule has 18 heavy (non-hydrogen) atoms. The first-order valence-electron chi connectivity index (χ1n) is 5.63. The lowest BCUT2D eigenvalue weighted by Gasteiger charge is -2.12. The van der Waals surface area contributed by atoms with Crippen LogP contribution in [0.2, 0.25) is 5.02 Å². The molecule has 1 atom stereocenters. The molecule has 1 aromatic rings. The minimum Gasteiger partial charge on any atom is -0.396 e. The van der Waals surface area contributed by atoms with Crippen LogP contribution in [0.25, 0.3) is 0 Å². The Morgan fingerprint density at radius 2 is 2.28 bits per heavy atom. The lowest BCUT2D eigenvalue weighted by Crippen LogP contribution is -2.32. The summed E-state index contributed by atoms with van der Waals surface area (Å²) in [6, 6.07) is 3.34. The van der Waals surface area contributed by atoms with Gasteiger partial charge in [-0.2, -0.15) is 0 Å². The third-order valence-corrected chi connectivity index (χ3v) is 2.73. The Hall–Kier alpha value is -1.33. The number of amides is 2. The lowest BCUT2D eigenvalue weighted by molar-refractivity contribution is 0.243. The summed E-state index contributed by atoms with van der Waals surface area (Å²) < 4.78 is 12.8. The van der Waals surface area contributed by atoms with Gasteiger partial charge in [0.25, 0.3) is 0 Å². The maximum absolute atomic E-state index is 12.8. The number of nitrogens with one attached hydrogen (secondary N) is 2. The highest BCUT2D eigenvalue weighted by Crippen LogP contribution is 2.22. The molecule has 0 aliphatic rings. The molecule has 0 radical (unpaired) electrons. The fourth-order valence-corrected chi connectivity index (χ4v) is 1.56. The van der Waals surface area contributed by atoms with E-state index in [0.717, 1.165) is 6.07 Å². The quantitative estimate of drug-likeness (QED) is 0.773. The molecule has 1 unspecified atom stereocenters. The van der Waals surface area contributed by atoms with Crippen molar-refractivity contribution in [2.75, 3.05) is 18.5 Å². The second kappa shape index (κ2) is 7.18. The van der Waals surface area contributed by atoms with Gasteiger partial charge >= 0.3 is 6.03 Å². The number of anilines is 1. The molecule has 3 N–H and O–H groups in total. The average Bonchev–Trinajstić information content (AvgIpc) is 2.31. The number of aliphatic hydroxyl groups is 1. The van der Waals surface area contributed by atoms with Gasteiger partial charge in [-0.25, -0.2) is 9.18 Å². The Morgan fingerprint density at radius 1 is 1.56 bits per heavy atom. The van der Waals surface area contributed by atoms with E-state index in [4.69, 9.17) is 16.7 Å². The number of hydrogen-bond donors (Lipinski definition) is 3. The van der Waals surface area contributed by atoms with Crippen LogP contribution in [-0.4, -0.2) is 24.3 Å². The highest BCUT2D eigenvalue weighted by molar-refractivity contribution is 6.33. The molecule has 0 heterocycles. The number of hydrogen-bond acceptors (Lipinski definition) is 2. The fourth-order valence-electron chi connectivity index (χ4n) is 1.35. The van der Waals surface area contributed by atoms with E-state index in [9.17, 15) is 9.18 Å². The molecule has 0 aliphatic heterocycles. The summed E-state index contributed by atoms with van der Waals surface area (Å²) in [4.78, 5) is 11.5. The van der Waals surface area contributed by atoms with Crippen molar-refractivity contribution < 1.29 is 14.3 Å².